The topological polar surface area (TPSA) is 0 Å². The Morgan fingerprint density at radius 1 is 1.00 bits per heavy atom. The van der Waals surface area contributed by atoms with Crippen LogP contribution in [0.2, 0.25) is 0 Å². The lowest BCUT2D eigenvalue weighted by atomic mass is 9.62. The van der Waals surface area contributed by atoms with Crippen molar-refractivity contribution in [1.82, 2.24) is 0 Å². The molecule has 0 saturated carbocycles. The van der Waals surface area contributed by atoms with Gasteiger partial charge in [-0.1, -0.05) is 104 Å². The van der Waals surface area contributed by atoms with E-state index < -0.39 is 0 Å². The van der Waals surface area contributed by atoms with Gasteiger partial charge in [0.05, 0.1) is 0 Å². The van der Waals surface area contributed by atoms with Crippen LogP contribution in [0.1, 0.15) is 66.0 Å². The Bertz CT molecular complexity index is 494. The van der Waals surface area contributed by atoms with Crippen LogP contribution in [0.4, 0.5) is 0 Å². The second kappa shape index (κ2) is 8.78. The van der Waals surface area contributed by atoms with Gasteiger partial charge in [-0.15, -0.1) is 0 Å². The van der Waals surface area contributed by atoms with Crippen molar-refractivity contribution in [2.45, 2.75) is 60.3 Å². The average molecular weight is 299 g/mol. The molecule has 0 spiro atoms. The van der Waals surface area contributed by atoms with Crippen molar-refractivity contribution < 1.29 is 0 Å². The Labute approximate surface area is 138 Å². The molecule has 0 N–H and O–H groups in total. The number of allylic oxidation sites excluding steroid dienone is 4. The minimum Gasteiger partial charge on any atom is -0.0990 e. The van der Waals surface area contributed by atoms with Crippen molar-refractivity contribution in [3.8, 4) is 0 Å². The zero-order valence-corrected chi connectivity index (χ0v) is 15.7. The first kappa shape index (κ1) is 20.4. The molecular formula is C22H34. The molecule has 0 amide bonds. The maximum Gasteiger partial charge on any atom is -0.00294 e. The highest BCUT2D eigenvalue weighted by Gasteiger charge is 2.37. The highest BCUT2D eigenvalue weighted by atomic mass is 14.4. The van der Waals surface area contributed by atoms with Gasteiger partial charge < -0.3 is 0 Å². The van der Waals surface area contributed by atoms with E-state index in [-0.39, 0.29) is 10.8 Å². The lowest BCUT2D eigenvalue weighted by molar-refractivity contribution is 0.196. The van der Waals surface area contributed by atoms with Crippen molar-refractivity contribution in [3.05, 3.63) is 66.8 Å². The van der Waals surface area contributed by atoms with Crippen molar-refractivity contribution in [2.75, 3.05) is 0 Å². The smallest absolute Gasteiger partial charge is 0.00294 e. The first-order chi connectivity index (χ1) is 10.3. The third-order valence-electron chi connectivity index (χ3n) is 4.74. The predicted octanol–water partition coefficient (Wildman–Crippen LogP) is 7.18. The Morgan fingerprint density at radius 3 is 1.82 bits per heavy atom. The molecule has 0 aromatic heterocycles. The highest BCUT2D eigenvalue weighted by molar-refractivity contribution is 5.74. The van der Waals surface area contributed by atoms with Gasteiger partial charge in [0.2, 0.25) is 0 Å². The van der Waals surface area contributed by atoms with Crippen molar-refractivity contribution in [3.63, 3.8) is 0 Å². The molecule has 1 rings (SSSR count). The Kier molecular flexibility index (Phi) is 8.16. The zero-order chi connectivity index (χ0) is 17.4. The molecule has 122 valence electrons. The monoisotopic (exact) mass is 298 g/mol. The van der Waals surface area contributed by atoms with E-state index in [2.05, 4.69) is 72.0 Å². The Morgan fingerprint density at radius 2 is 1.50 bits per heavy atom. The molecular weight excluding hydrogens is 264 g/mol. The van der Waals surface area contributed by atoms with E-state index in [1.807, 2.05) is 26.0 Å². The summed E-state index contributed by atoms with van der Waals surface area (Å²) in [6.07, 6.45) is 6.80. The van der Waals surface area contributed by atoms with Gasteiger partial charge >= 0.3 is 0 Å². The first-order valence-corrected chi connectivity index (χ1v) is 8.36. The summed E-state index contributed by atoms with van der Waals surface area (Å²) in [4.78, 5) is 0. The van der Waals surface area contributed by atoms with Crippen LogP contribution in [-0.2, 0) is 5.41 Å². The highest BCUT2D eigenvalue weighted by Crippen LogP contribution is 2.44. The molecule has 0 aliphatic heterocycles. The molecule has 0 bridgehead atoms. The molecule has 1 aromatic carbocycles. The molecule has 0 aliphatic carbocycles. The normalized spacial score (nSPS) is 14.4. The number of rotatable bonds is 5. The second-order valence-electron chi connectivity index (χ2n) is 6.57. The number of benzene rings is 1. The lowest BCUT2D eigenvalue weighted by Crippen LogP contribution is -2.36. The van der Waals surface area contributed by atoms with Crippen LogP contribution in [0, 0.1) is 5.41 Å². The molecule has 1 unspecified atom stereocenters. The maximum absolute atomic E-state index is 3.87. The minimum absolute atomic E-state index is 0.183. The van der Waals surface area contributed by atoms with Crippen LogP contribution in [-0.4, -0.2) is 0 Å². The average Bonchev–Trinajstić information content (AvgIpc) is 2.53. The molecule has 1 aromatic rings. The molecule has 0 aliphatic rings. The summed E-state index contributed by atoms with van der Waals surface area (Å²) in [5.41, 5.74) is 4.12. The van der Waals surface area contributed by atoms with Crippen LogP contribution in [0.25, 0.3) is 5.57 Å². The van der Waals surface area contributed by atoms with Crippen molar-refractivity contribution >= 4 is 5.57 Å². The Hall–Kier alpha value is -1.56. The molecule has 0 fully saturated rings. The summed E-state index contributed by atoms with van der Waals surface area (Å²) in [5.74, 6) is 0. The summed E-state index contributed by atoms with van der Waals surface area (Å²) in [6, 6.07) is 8.88. The number of hydrogen-bond acceptors (Lipinski definition) is 0. The van der Waals surface area contributed by atoms with Crippen LogP contribution in [0.15, 0.2) is 55.7 Å². The van der Waals surface area contributed by atoms with E-state index in [1.54, 1.807) is 6.08 Å². The van der Waals surface area contributed by atoms with E-state index in [0.29, 0.717) is 0 Å². The summed E-state index contributed by atoms with van der Waals surface area (Å²) >= 11 is 0. The van der Waals surface area contributed by atoms with Gasteiger partial charge in [-0.2, -0.15) is 0 Å². The van der Waals surface area contributed by atoms with Crippen LogP contribution < -0.4 is 0 Å². The predicted molar refractivity (Wildman–Crippen MR) is 103 cm³/mol. The fourth-order valence-corrected chi connectivity index (χ4v) is 2.61. The SMILES string of the molecule is C=C/C=C(\C=C)c1ccc(C(C)(CC)C(C)(C)C)cc1.CC. The third kappa shape index (κ3) is 4.47. The van der Waals surface area contributed by atoms with Crippen LogP contribution in [0.3, 0.4) is 0 Å². The van der Waals surface area contributed by atoms with E-state index in [9.17, 15) is 0 Å². The lowest BCUT2D eigenvalue weighted by Gasteiger charge is -2.42. The zero-order valence-electron chi connectivity index (χ0n) is 15.7. The van der Waals surface area contributed by atoms with Gasteiger partial charge in [0, 0.05) is 0 Å². The third-order valence-corrected chi connectivity index (χ3v) is 4.74. The fourth-order valence-electron chi connectivity index (χ4n) is 2.61. The molecule has 22 heavy (non-hydrogen) atoms. The van der Waals surface area contributed by atoms with E-state index in [0.717, 1.165) is 12.0 Å². The van der Waals surface area contributed by atoms with Crippen LogP contribution >= 0.6 is 0 Å². The van der Waals surface area contributed by atoms with Gasteiger partial charge in [0.15, 0.2) is 0 Å². The summed E-state index contributed by atoms with van der Waals surface area (Å²) in [7, 11) is 0. The number of hydrogen-bond donors (Lipinski definition) is 0. The first-order valence-electron chi connectivity index (χ1n) is 8.36. The standard InChI is InChI=1S/C20H28.C2H6/c1-8-11-16(9-2)17-12-14-18(15-13-17)20(7,10-3)19(4,5)6;1-2/h8-9,11-15H,1-2,10H2,3-7H3;1-2H3/b16-11+;. The van der Waals surface area contributed by atoms with Crippen molar-refractivity contribution in [2.24, 2.45) is 5.41 Å². The molecule has 0 radical (unpaired) electrons. The van der Waals surface area contributed by atoms with E-state index in [1.165, 1.54) is 11.1 Å². The van der Waals surface area contributed by atoms with Gasteiger partial charge in [-0.05, 0) is 34.0 Å². The summed E-state index contributed by atoms with van der Waals surface area (Å²) in [6.45, 7) is 23.2. The largest absolute Gasteiger partial charge is 0.0990 e. The molecule has 1 atom stereocenters. The summed E-state index contributed by atoms with van der Waals surface area (Å²) in [5, 5.41) is 0. The molecule has 0 heterocycles. The summed E-state index contributed by atoms with van der Waals surface area (Å²) < 4.78 is 0. The van der Waals surface area contributed by atoms with Crippen LogP contribution in [0.5, 0.6) is 0 Å². The quantitative estimate of drug-likeness (QED) is 0.505. The fraction of sp³-hybridized carbons (Fsp3) is 0.455. The van der Waals surface area contributed by atoms with E-state index >= 15 is 0 Å². The molecule has 0 nitrogen and oxygen atoms in total. The molecule has 0 heteroatoms. The minimum atomic E-state index is 0.183. The van der Waals surface area contributed by atoms with Gasteiger partial charge in [-0.3, -0.25) is 0 Å². The second-order valence-corrected chi connectivity index (χ2v) is 6.57. The van der Waals surface area contributed by atoms with Gasteiger partial charge in [-0.25, -0.2) is 0 Å². The Balaban J connectivity index is 0.00000211. The maximum atomic E-state index is 3.87. The molecule has 0 saturated heterocycles. The van der Waals surface area contributed by atoms with Gasteiger partial charge in [0.1, 0.15) is 0 Å². The van der Waals surface area contributed by atoms with Gasteiger partial charge in [0.25, 0.3) is 0 Å². The van der Waals surface area contributed by atoms with E-state index in [4.69, 9.17) is 0 Å². The van der Waals surface area contributed by atoms with Crippen molar-refractivity contribution in [1.29, 1.82) is 0 Å².